The predicted octanol–water partition coefficient (Wildman–Crippen LogP) is 2.67. The Bertz CT molecular complexity index is 318. The molecule has 0 saturated heterocycles. The number of benzene rings is 1. The summed E-state index contributed by atoms with van der Waals surface area (Å²) in [6.07, 6.45) is 3.95. The van der Waals surface area contributed by atoms with Crippen LogP contribution >= 0.6 is 0 Å². The van der Waals surface area contributed by atoms with Crippen LogP contribution in [0.4, 0.5) is 0 Å². The lowest BCUT2D eigenvalue weighted by Gasteiger charge is -2.07. The van der Waals surface area contributed by atoms with Crippen LogP contribution in [0.15, 0.2) is 24.3 Å². The zero-order valence-corrected chi connectivity index (χ0v) is 8.61. The average Bonchev–Trinajstić information content (AvgIpc) is 2.21. The zero-order valence-electron chi connectivity index (χ0n) is 8.61. The summed E-state index contributed by atoms with van der Waals surface area (Å²) in [6.45, 7) is 1.96. The van der Waals surface area contributed by atoms with E-state index in [0.29, 0.717) is 11.5 Å². The quantitative estimate of drug-likeness (QED) is 0.544. The Morgan fingerprint density at radius 3 is 2.50 bits per heavy atom. The van der Waals surface area contributed by atoms with E-state index in [1.165, 1.54) is 7.11 Å². The lowest BCUT2D eigenvalue weighted by molar-refractivity contribution is -0.179. The van der Waals surface area contributed by atoms with Crippen LogP contribution in [0.2, 0.25) is 0 Å². The van der Waals surface area contributed by atoms with Crippen molar-refractivity contribution >= 4 is 6.08 Å². The Hall–Kier alpha value is -1.48. The van der Waals surface area contributed by atoms with E-state index in [2.05, 4.69) is 4.89 Å². The van der Waals surface area contributed by atoms with Crippen LogP contribution in [0.25, 0.3) is 6.08 Å². The molecule has 1 rings (SSSR count). The molecule has 0 aliphatic carbocycles. The van der Waals surface area contributed by atoms with Crippen molar-refractivity contribution in [1.82, 2.24) is 0 Å². The van der Waals surface area contributed by atoms with E-state index in [1.807, 2.05) is 31.2 Å². The summed E-state index contributed by atoms with van der Waals surface area (Å²) in [5.74, 6) is 1.23. The first-order valence-corrected chi connectivity index (χ1v) is 4.33. The van der Waals surface area contributed by atoms with Gasteiger partial charge in [-0.2, -0.15) is 4.89 Å². The van der Waals surface area contributed by atoms with E-state index in [4.69, 9.17) is 9.62 Å². The van der Waals surface area contributed by atoms with E-state index in [0.717, 1.165) is 5.56 Å². The molecule has 3 nitrogen and oxygen atoms in total. The standard InChI is InChI=1S/C11H14O3/c1-4-5-9-6-7-10(14-13-3)11(8-9)12-2/h4-8H,1-3H3. The molecule has 0 spiro atoms. The highest BCUT2D eigenvalue weighted by Gasteiger charge is 2.04. The van der Waals surface area contributed by atoms with Crippen molar-refractivity contribution in [2.45, 2.75) is 6.92 Å². The summed E-state index contributed by atoms with van der Waals surface area (Å²) in [6, 6.07) is 5.61. The molecule has 0 fully saturated rings. The van der Waals surface area contributed by atoms with E-state index < -0.39 is 0 Å². The Morgan fingerprint density at radius 2 is 1.93 bits per heavy atom. The molecule has 3 heteroatoms. The van der Waals surface area contributed by atoms with E-state index >= 15 is 0 Å². The smallest absolute Gasteiger partial charge is 0.207 e. The molecule has 0 unspecified atom stereocenters. The number of hydrogen-bond donors (Lipinski definition) is 0. The van der Waals surface area contributed by atoms with Crippen molar-refractivity contribution in [3.63, 3.8) is 0 Å². The molecular formula is C11H14O3. The monoisotopic (exact) mass is 194 g/mol. The van der Waals surface area contributed by atoms with Gasteiger partial charge in [-0.25, -0.2) is 0 Å². The highest BCUT2D eigenvalue weighted by molar-refractivity contribution is 5.55. The van der Waals surface area contributed by atoms with Crippen LogP contribution in [0.3, 0.4) is 0 Å². The maximum Gasteiger partial charge on any atom is 0.207 e. The summed E-state index contributed by atoms with van der Waals surface area (Å²) in [4.78, 5) is 9.48. The van der Waals surface area contributed by atoms with E-state index in [-0.39, 0.29) is 0 Å². The molecule has 0 saturated carbocycles. The van der Waals surface area contributed by atoms with Crippen molar-refractivity contribution < 1.29 is 14.5 Å². The van der Waals surface area contributed by atoms with Gasteiger partial charge in [0.15, 0.2) is 5.75 Å². The average molecular weight is 194 g/mol. The minimum Gasteiger partial charge on any atom is -0.493 e. The molecule has 0 atom stereocenters. The lowest BCUT2D eigenvalue weighted by Crippen LogP contribution is -1.94. The van der Waals surface area contributed by atoms with Gasteiger partial charge in [-0.3, -0.25) is 0 Å². The van der Waals surface area contributed by atoms with E-state index in [1.54, 1.807) is 13.2 Å². The first-order valence-electron chi connectivity index (χ1n) is 4.33. The minimum atomic E-state index is 0.572. The lowest BCUT2D eigenvalue weighted by atomic mass is 10.2. The fourth-order valence-corrected chi connectivity index (χ4v) is 1.14. The van der Waals surface area contributed by atoms with Crippen molar-refractivity contribution in [3.05, 3.63) is 29.8 Å². The topological polar surface area (TPSA) is 27.7 Å². The van der Waals surface area contributed by atoms with Crippen molar-refractivity contribution in [2.75, 3.05) is 14.2 Å². The van der Waals surface area contributed by atoms with Gasteiger partial charge in [0, 0.05) is 0 Å². The van der Waals surface area contributed by atoms with Gasteiger partial charge in [0.2, 0.25) is 5.75 Å². The van der Waals surface area contributed by atoms with Crippen molar-refractivity contribution in [1.29, 1.82) is 0 Å². The Labute approximate surface area is 83.8 Å². The number of allylic oxidation sites excluding steroid dienone is 1. The highest BCUT2D eigenvalue weighted by Crippen LogP contribution is 2.28. The molecule has 1 aromatic carbocycles. The molecule has 0 aliphatic heterocycles. The predicted molar refractivity (Wildman–Crippen MR) is 55.3 cm³/mol. The first kappa shape index (κ1) is 10.6. The van der Waals surface area contributed by atoms with Gasteiger partial charge in [0.25, 0.3) is 0 Å². The molecule has 0 aliphatic rings. The largest absolute Gasteiger partial charge is 0.493 e. The van der Waals surface area contributed by atoms with Crippen LogP contribution in [0.5, 0.6) is 11.5 Å². The molecule has 0 aromatic heterocycles. The molecule has 0 bridgehead atoms. The summed E-state index contributed by atoms with van der Waals surface area (Å²) in [7, 11) is 3.05. The number of hydrogen-bond acceptors (Lipinski definition) is 3. The SMILES string of the molecule is CC=Cc1ccc(OOC)c(OC)c1. The van der Waals surface area contributed by atoms with Gasteiger partial charge in [0.05, 0.1) is 14.2 Å². The highest BCUT2D eigenvalue weighted by atomic mass is 17.2. The van der Waals surface area contributed by atoms with Crippen LogP contribution in [0, 0.1) is 0 Å². The van der Waals surface area contributed by atoms with Gasteiger partial charge in [0.1, 0.15) is 0 Å². The zero-order chi connectivity index (χ0) is 10.4. The normalized spacial score (nSPS) is 10.5. The molecule has 1 aromatic rings. The molecule has 0 amide bonds. The number of rotatable bonds is 4. The maximum atomic E-state index is 5.15. The Balaban J connectivity index is 2.98. The van der Waals surface area contributed by atoms with Gasteiger partial charge in [-0.15, -0.1) is 0 Å². The molecule has 0 radical (unpaired) electrons. The van der Waals surface area contributed by atoms with E-state index in [9.17, 15) is 0 Å². The molecule has 0 N–H and O–H groups in total. The molecule has 14 heavy (non-hydrogen) atoms. The first-order chi connectivity index (χ1) is 6.81. The van der Waals surface area contributed by atoms with Crippen LogP contribution in [0.1, 0.15) is 12.5 Å². The fourth-order valence-electron chi connectivity index (χ4n) is 1.14. The number of methoxy groups -OCH3 is 1. The Morgan fingerprint density at radius 1 is 1.14 bits per heavy atom. The second-order valence-corrected chi connectivity index (χ2v) is 2.66. The summed E-state index contributed by atoms with van der Waals surface area (Å²) >= 11 is 0. The molecular weight excluding hydrogens is 180 g/mol. The van der Waals surface area contributed by atoms with Gasteiger partial charge in [-0.05, 0) is 24.6 Å². The van der Waals surface area contributed by atoms with Gasteiger partial charge >= 0.3 is 0 Å². The van der Waals surface area contributed by atoms with Crippen molar-refractivity contribution in [3.8, 4) is 11.5 Å². The summed E-state index contributed by atoms with van der Waals surface area (Å²) < 4.78 is 5.15. The molecule has 76 valence electrons. The second kappa shape index (κ2) is 5.29. The van der Waals surface area contributed by atoms with Crippen molar-refractivity contribution in [2.24, 2.45) is 0 Å². The Kier molecular flexibility index (Phi) is 4.01. The fraction of sp³-hybridized carbons (Fsp3) is 0.273. The third-order valence-corrected chi connectivity index (χ3v) is 1.72. The minimum absolute atomic E-state index is 0.572. The van der Waals surface area contributed by atoms with Gasteiger partial charge < -0.3 is 9.62 Å². The third kappa shape index (κ3) is 2.50. The van der Waals surface area contributed by atoms with Crippen LogP contribution < -0.4 is 9.62 Å². The molecule has 0 heterocycles. The summed E-state index contributed by atoms with van der Waals surface area (Å²) in [5.41, 5.74) is 1.06. The number of ether oxygens (including phenoxy) is 1. The third-order valence-electron chi connectivity index (χ3n) is 1.72. The van der Waals surface area contributed by atoms with Gasteiger partial charge in [-0.1, -0.05) is 18.2 Å². The van der Waals surface area contributed by atoms with Crippen LogP contribution in [-0.4, -0.2) is 14.2 Å². The second-order valence-electron chi connectivity index (χ2n) is 2.66. The van der Waals surface area contributed by atoms with Crippen LogP contribution in [-0.2, 0) is 4.89 Å². The summed E-state index contributed by atoms with van der Waals surface area (Å²) in [5, 5.41) is 0. The maximum absolute atomic E-state index is 5.15.